The average Bonchev–Trinajstić information content (AvgIpc) is 2.16. The van der Waals surface area contributed by atoms with Gasteiger partial charge in [0.05, 0.1) is 15.0 Å². The van der Waals surface area contributed by atoms with Gasteiger partial charge in [-0.1, -0.05) is 12.1 Å². The molecule has 0 saturated heterocycles. The Kier molecular flexibility index (Phi) is 3.06. The zero-order valence-corrected chi connectivity index (χ0v) is 7.86. The highest BCUT2D eigenvalue weighted by Gasteiger charge is 2.07. The fourth-order valence-electron chi connectivity index (χ4n) is 0.892. The molecule has 1 N–H and O–H groups in total. The Bertz CT molecular complexity index is 288. The van der Waals surface area contributed by atoms with E-state index in [9.17, 15) is 4.79 Å². The average molecular weight is 183 g/mol. The third-order valence-electron chi connectivity index (χ3n) is 1.49. The Morgan fingerprint density at radius 2 is 2.17 bits per heavy atom. The van der Waals surface area contributed by atoms with E-state index in [1.54, 1.807) is 25.2 Å². The monoisotopic (exact) mass is 183 g/mol. The molecule has 0 radical (unpaired) electrons. The van der Waals surface area contributed by atoms with E-state index in [1.807, 2.05) is 6.07 Å². The molecule has 0 aromatic heterocycles. The molecule has 0 spiro atoms. The quantitative estimate of drug-likeness (QED) is 0.700. The van der Waals surface area contributed by atoms with E-state index in [0.29, 0.717) is 11.3 Å². The van der Waals surface area contributed by atoms with Gasteiger partial charge in [0.25, 0.3) is 5.91 Å². The molecule has 0 aliphatic heterocycles. The molecule has 1 aromatic carbocycles. The SMILES string of the molecule is CNC(=O)c1ccccc1OP. The molecule has 0 bridgehead atoms. The maximum Gasteiger partial charge on any atom is 0.254 e. The number of hydrogen-bond acceptors (Lipinski definition) is 2. The van der Waals surface area contributed by atoms with Gasteiger partial charge in [0.2, 0.25) is 0 Å². The maximum absolute atomic E-state index is 11.2. The first-order valence-corrected chi connectivity index (χ1v) is 3.94. The van der Waals surface area contributed by atoms with Crippen LogP contribution in [0.1, 0.15) is 10.4 Å². The lowest BCUT2D eigenvalue weighted by atomic mass is 10.2. The van der Waals surface area contributed by atoms with Crippen LogP contribution in [0.25, 0.3) is 0 Å². The van der Waals surface area contributed by atoms with E-state index >= 15 is 0 Å². The van der Waals surface area contributed by atoms with Crippen molar-refractivity contribution in [2.45, 2.75) is 0 Å². The van der Waals surface area contributed by atoms with Crippen molar-refractivity contribution < 1.29 is 9.32 Å². The number of nitrogens with one attached hydrogen (secondary N) is 1. The second-order valence-electron chi connectivity index (χ2n) is 2.19. The Balaban J connectivity index is 3.04. The second kappa shape index (κ2) is 4.07. The minimum atomic E-state index is -0.145. The van der Waals surface area contributed by atoms with Crippen molar-refractivity contribution in [3.8, 4) is 5.75 Å². The zero-order valence-electron chi connectivity index (χ0n) is 6.70. The summed E-state index contributed by atoms with van der Waals surface area (Å²) < 4.78 is 4.92. The Labute approximate surface area is 73.4 Å². The van der Waals surface area contributed by atoms with Gasteiger partial charge in [0.15, 0.2) is 0 Å². The summed E-state index contributed by atoms with van der Waals surface area (Å²) in [4.78, 5) is 11.2. The lowest BCUT2D eigenvalue weighted by molar-refractivity contribution is 0.0961. The van der Waals surface area contributed by atoms with Crippen LogP contribution in [0.5, 0.6) is 5.75 Å². The van der Waals surface area contributed by atoms with Crippen LogP contribution in [-0.2, 0) is 0 Å². The summed E-state index contributed by atoms with van der Waals surface area (Å²) >= 11 is 0. The molecule has 1 unspecified atom stereocenters. The Hall–Kier alpha value is -1.08. The van der Waals surface area contributed by atoms with Gasteiger partial charge in [-0.25, -0.2) is 0 Å². The van der Waals surface area contributed by atoms with Gasteiger partial charge in [-0.2, -0.15) is 0 Å². The Morgan fingerprint density at radius 1 is 1.50 bits per heavy atom. The molecule has 64 valence electrons. The van der Waals surface area contributed by atoms with Crippen LogP contribution in [0.15, 0.2) is 24.3 Å². The number of carbonyl (C=O) groups excluding carboxylic acids is 1. The number of amides is 1. The molecule has 0 heterocycles. The minimum Gasteiger partial charge on any atom is -0.480 e. The fraction of sp³-hybridized carbons (Fsp3) is 0.125. The molecule has 0 fully saturated rings. The lowest BCUT2D eigenvalue weighted by Crippen LogP contribution is -2.18. The molecule has 0 saturated carbocycles. The molecule has 0 aliphatic rings. The third kappa shape index (κ3) is 1.74. The van der Waals surface area contributed by atoms with E-state index in [2.05, 4.69) is 14.8 Å². The highest BCUT2D eigenvalue weighted by Crippen LogP contribution is 2.19. The van der Waals surface area contributed by atoms with E-state index in [0.717, 1.165) is 0 Å². The van der Waals surface area contributed by atoms with E-state index in [-0.39, 0.29) is 5.91 Å². The van der Waals surface area contributed by atoms with Crippen molar-refractivity contribution in [3.05, 3.63) is 29.8 Å². The van der Waals surface area contributed by atoms with Gasteiger partial charge in [-0.15, -0.1) is 0 Å². The first kappa shape index (κ1) is 9.01. The lowest BCUT2D eigenvalue weighted by Gasteiger charge is -2.05. The summed E-state index contributed by atoms with van der Waals surface area (Å²) in [6.07, 6.45) is 0. The number of para-hydroxylation sites is 1. The van der Waals surface area contributed by atoms with Gasteiger partial charge in [-0.05, 0) is 12.1 Å². The first-order valence-electron chi connectivity index (χ1n) is 3.47. The molecule has 3 nitrogen and oxygen atoms in total. The van der Waals surface area contributed by atoms with Gasteiger partial charge in [0, 0.05) is 7.05 Å². The molecule has 1 aromatic rings. The van der Waals surface area contributed by atoms with Crippen LogP contribution in [0, 0.1) is 0 Å². The molecule has 1 rings (SSSR count). The summed E-state index contributed by atoms with van der Waals surface area (Å²) in [6, 6.07) is 7.04. The van der Waals surface area contributed by atoms with Gasteiger partial charge < -0.3 is 9.84 Å². The highest BCUT2D eigenvalue weighted by molar-refractivity contribution is 7.10. The summed E-state index contributed by atoms with van der Waals surface area (Å²) in [6.45, 7) is 0. The van der Waals surface area contributed by atoms with E-state index in [1.165, 1.54) is 0 Å². The fourth-order valence-corrected chi connectivity index (χ4v) is 1.10. The van der Waals surface area contributed by atoms with Crippen LogP contribution in [0.4, 0.5) is 0 Å². The predicted octanol–water partition coefficient (Wildman–Crippen LogP) is 1.22. The van der Waals surface area contributed by atoms with Crippen molar-refractivity contribution >= 4 is 15.4 Å². The summed E-state index contributed by atoms with van der Waals surface area (Å²) in [5.41, 5.74) is 0.537. The van der Waals surface area contributed by atoms with E-state index in [4.69, 9.17) is 4.52 Å². The van der Waals surface area contributed by atoms with Crippen molar-refractivity contribution in [1.29, 1.82) is 0 Å². The second-order valence-corrected chi connectivity index (χ2v) is 2.43. The molecular weight excluding hydrogens is 173 g/mol. The molecule has 4 heteroatoms. The molecular formula is C8H10NO2P. The van der Waals surface area contributed by atoms with E-state index < -0.39 is 0 Å². The summed E-state index contributed by atoms with van der Waals surface area (Å²) in [5, 5.41) is 2.53. The normalized spacial score (nSPS) is 9.17. The van der Waals surface area contributed by atoms with Crippen LogP contribution < -0.4 is 9.84 Å². The number of rotatable bonds is 2. The number of hydrogen-bond donors (Lipinski definition) is 1. The van der Waals surface area contributed by atoms with Crippen LogP contribution in [0.2, 0.25) is 0 Å². The number of benzene rings is 1. The maximum atomic E-state index is 11.2. The predicted molar refractivity (Wildman–Crippen MR) is 50.2 cm³/mol. The van der Waals surface area contributed by atoms with Gasteiger partial charge in [-0.3, -0.25) is 4.79 Å². The van der Waals surface area contributed by atoms with Gasteiger partial charge >= 0.3 is 0 Å². The first-order chi connectivity index (χ1) is 5.79. The third-order valence-corrected chi connectivity index (χ3v) is 1.74. The Morgan fingerprint density at radius 3 is 2.75 bits per heavy atom. The van der Waals surface area contributed by atoms with Crippen molar-refractivity contribution in [3.63, 3.8) is 0 Å². The minimum absolute atomic E-state index is 0.145. The van der Waals surface area contributed by atoms with Crippen LogP contribution in [0.3, 0.4) is 0 Å². The van der Waals surface area contributed by atoms with Crippen LogP contribution in [-0.4, -0.2) is 13.0 Å². The largest absolute Gasteiger partial charge is 0.480 e. The summed E-state index contributed by atoms with van der Waals surface area (Å²) in [5.74, 6) is 0.412. The number of carbonyl (C=O) groups is 1. The summed E-state index contributed by atoms with van der Waals surface area (Å²) in [7, 11) is 3.70. The standard InChI is InChI=1S/C8H10NO2P/c1-9-8(10)6-4-2-3-5-7(6)11-12/h2-5H,12H2,1H3,(H,9,10). The molecule has 12 heavy (non-hydrogen) atoms. The van der Waals surface area contributed by atoms with Gasteiger partial charge in [0.1, 0.15) is 5.75 Å². The van der Waals surface area contributed by atoms with Crippen molar-refractivity contribution in [2.24, 2.45) is 0 Å². The molecule has 0 aliphatic carbocycles. The van der Waals surface area contributed by atoms with Crippen LogP contribution >= 0.6 is 9.47 Å². The van der Waals surface area contributed by atoms with Crippen molar-refractivity contribution in [2.75, 3.05) is 7.05 Å². The smallest absolute Gasteiger partial charge is 0.254 e. The highest BCUT2D eigenvalue weighted by atomic mass is 31.0. The zero-order chi connectivity index (χ0) is 8.97. The topological polar surface area (TPSA) is 38.3 Å². The van der Waals surface area contributed by atoms with Crippen molar-refractivity contribution in [1.82, 2.24) is 5.32 Å². The molecule has 1 amide bonds. The molecule has 1 atom stereocenters.